The Bertz CT molecular complexity index is 1180. The van der Waals surface area contributed by atoms with Crippen LogP contribution in [0.3, 0.4) is 0 Å². The number of rotatable bonds is 6. The lowest BCUT2D eigenvalue weighted by Crippen LogP contribution is -2.05. The highest BCUT2D eigenvalue weighted by Gasteiger charge is 2.23. The number of carboxylic acids is 1. The molecular weight excluding hydrogens is 426 g/mol. The highest BCUT2D eigenvalue weighted by atomic mass is 35.5. The van der Waals surface area contributed by atoms with Crippen LogP contribution in [-0.4, -0.2) is 21.0 Å². The Morgan fingerprint density at radius 2 is 1.84 bits per heavy atom. The molecule has 5 nitrogen and oxygen atoms in total. The first-order valence-corrected chi connectivity index (χ1v) is 9.95. The number of aromatic carboxylic acids is 1. The van der Waals surface area contributed by atoms with Gasteiger partial charge in [-0.25, -0.2) is 18.6 Å². The van der Waals surface area contributed by atoms with E-state index in [2.05, 4.69) is 9.97 Å². The molecule has 31 heavy (non-hydrogen) atoms. The molecule has 0 unspecified atom stereocenters. The zero-order chi connectivity index (χ0) is 22.0. The van der Waals surface area contributed by atoms with E-state index < -0.39 is 17.6 Å². The van der Waals surface area contributed by atoms with Gasteiger partial charge in [0.1, 0.15) is 24.0 Å². The second kappa shape index (κ2) is 8.81. The number of hydrogen-bond donors (Lipinski definition) is 1. The van der Waals surface area contributed by atoms with Crippen LogP contribution < -0.4 is 4.74 Å². The molecule has 8 heteroatoms. The van der Waals surface area contributed by atoms with Gasteiger partial charge in [-0.05, 0) is 60.7 Å². The minimum Gasteiger partial charge on any atom is -0.488 e. The predicted octanol–water partition coefficient (Wildman–Crippen LogP) is 5.78. The normalized spacial score (nSPS) is 13.5. The van der Waals surface area contributed by atoms with Crippen molar-refractivity contribution in [2.45, 2.75) is 25.9 Å². The van der Waals surface area contributed by atoms with Gasteiger partial charge in [-0.3, -0.25) is 4.98 Å². The molecule has 4 rings (SSSR count). The third-order valence-electron chi connectivity index (χ3n) is 5.08. The van der Waals surface area contributed by atoms with Gasteiger partial charge in [0.15, 0.2) is 5.69 Å². The number of ether oxygens (including phenoxy) is 1. The van der Waals surface area contributed by atoms with Crippen LogP contribution >= 0.6 is 11.6 Å². The minimum absolute atomic E-state index is 0.145. The van der Waals surface area contributed by atoms with Crippen molar-refractivity contribution in [3.05, 3.63) is 88.0 Å². The number of carbonyl (C=O) groups is 1. The lowest BCUT2D eigenvalue weighted by atomic mass is 9.99. The predicted molar refractivity (Wildman–Crippen MR) is 112 cm³/mol. The fraction of sp³-hybridized carbons (Fsp3) is 0.174. The Hall–Kier alpha value is -3.32. The number of carboxylic acid groups (broad SMARTS) is 1. The van der Waals surface area contributed by atoms with Crippen LogP contribution in [0.4, 0.5) is 8.78 Å². The summed E-state index contributed by atoms with van der Waals surface area (Å²) in [6.45, 7) is -0.288. The van der Waals surface area contributed by atoms with Crippen LogP contribution in [0, 0.1) is 11.6 Å². The molecule has 0 saturated carbocycles. The molecule has 2 aromatic carbocycles. The zero-order valence-electron chi connectivity index (χ0n) is 16.2. The van der Waals surface area contributed by atoms with Gasteiger partial charge in [0.05, 0.1) is 23.7 Å². The summed E-state index contributed by atoms with van der Waals surface area (Å²) in [5.74, 6) is -2.11. The number of allylic oxidation sites excluding steroid dienone is 2. The monoisotopic (exact) mass is 442 g/mol. The van der Waals surface area contributed by atoms with E-state index >= 15 is 0 Å². The summed E-state index contributed by atoms with van der Waals surface area (Å²) in [7, 11) is 0. The van der Waals surface area contributed by atoms with Crippen molar-refractivity contribution in [3.63, 3.8) is 0 Å². The molecule has 0 spiro atoms. The summed E-state index contributed by atoms with van der Waals surface area (Å²) in [5.41, 5.74) is 2.58. The summed E-state index contributed by atoms with van der Waals surface area (Å²) in [5, 5.41) is 9.70. The van der Waals surface area contributed by atoms with Crippen LogP contribution in [0.2, 0.25) is 5.02 Å². The minimum atomic E-state index is -1.16. The molecule has 1 aliphatic carbocycles. The third kappa shape index (κ3) is 4.41. The van der Waals surface area contributed by atoms with Gasteiger partial charge in [0, 0.05) is 10.6 Å². The molecule has 3 aromatic rings. The van der Waals surface area contributed by atoms with Crippen molar-refractivity contribution in [2.24, 2.45) is 0 Å². The second-order valence-electron chi connectivity index (χ2n) is 7.03. The van der Waals surface area contributed by atoms with Gasteiger partial charge < -0.3 is 9.84 Å². The molecule has 1 heterocycles. The molecule has 1 N–H and O–H groups in total. The molecule has 0 fully saturated rings. The summed E-state index contributed by atoms with van der Waals surface area (Å²) in [4.78, 5) is 19.5. The Balaban J connectivity index is 1.73. The van der Waals surface area contributed by atoms with E-state index in [0.29, 0.717) is 34.9 Å². The van der Waals surface area contributed by atoms with Gasteiger partial charge in [-0.2, -0.15) is 0 Å². The quantitative estimate of drug-likeness (QED) is 0.524. The highest BCUT2D eigenvalue weighted by molar-refractivity contribution is 6.30. The van der Waals surface area contributed by atoms with E-state index in [4.69, 9.17) is 16.3 Å². The first kappa shape index (κ1) is 20.9. The Kier molecular flexibility index (Phi) is 5.95. The van der Waals surface area contributed by atoms with Crippen molar-refractivity contribution < 1.29 is 23.4 Å². The van der Waals surface area contributed by atoms with E-state index in [1.807, 2.05) is 0 Å². The van der Waals surface area contributed by atoms with Crippen molar-refractivity contribution in [2.75, 3.05) is 0 Å². The van der Waals surface area contributed by atoms with E-state index in [1.165, 1.54) is 30.6 Å². The lowest BCUT2D eigenvalue weighted by Gasteiger charge is -2.15. The number of aromatic nitrogens is 2. The molecule has 0 bridgehead atoms. The number of nitrogens with zero attached hydrogens (tertiary/aromatic N) is 2. The van der Waals surface area contributed by atoms with Crippen LogP contribution in [0.15, 0.2) is 48.8 Å². The topological polar surface area (TPSA) is 72.3 Å². The maximum atomic E-state index is 14.0. The van der Waals surface area contributed by atoms with Crippen molar-refractivity contribution in [1.82, 2.24) is 9.97 Å². The van der Waals surface area contributed by atoms with Crippen molar-refractivity contribution in [3.8, 4) is 5.75 Å². The van der Waals surface area contributed by atoms with E-state index in [0.717, 1.165) is 17.6 Å². The molecular formula is C23H17ClF2N2O3. The van der Waals surface area contributed by atoms with Gasteiger partial charge in [-0.1, -0.05) is 17.7 Å². The highest BCUT2D eigenvalue weighted by Crippen LogP contribution is 2.43. The van der Waals surface area contributed by atoms with Crippen LogP contribution in [0.5, 0.6) is 5.75 Å². The second-order valence-corrected chi connectivity index (χ2v) is 7.47. The summed E-state index contributed by atoms with van der Waals surface area (Å²) in [6.07, 6.45) is 4.92. The number of benzene rings is 2. The SMILES string of the molecule is O=C(O)c1cncc(C2=C(c3cc(Cl)ccc3OCc3c(F)cccc3F)CCC2)n1. The molecule has 158 valence electrons. The average Bonchev–Trinajstić information content (AvgIpc) is 3.24. The summed E-state index contributed by atoms with van der Waals surface area (Å²) >= 11 is 6.22. The Morgan fingerprint density at radius 3 is 2.58 bits per heavy atom. The summed E-state index contributed by atoms with van der Waals surface area (Å²) in [6, 6.07) is 8.66. The Labute approximate surface area is 182 Å². The van der Waals surface area contributed by atoms with Gasteiger partial charge in [0.25, 0.3) is 0 Å². The Morgan fingerprint density at radius 1 is 1.10 bits per heavy atom. The largest absolute Gasteiger partial charge is 0.488 e. The fourth-order valence-corrected chi connectivity index (χ4v) is 3.79. The molecule has 0 atom stereocenters. The molecule has 0 radical (unpaired) electrons. The molecule has 0 aliphatic heterocycles. The van der Waals surface area contributed by atoms with E-state index in [9.17, 15) is 18.7 Å². The van der Waals surface area contributed by atoms with E-state index in [-0.39, 0.29) is 17.9 Å². The van der Waals surface area contributed by atoms with E-state index in [1.54, 1.807) is 18.2 Å². The van der Waals surface area contributed by atoms with Crippen LogP contribution in [0.25, 0.3) is 11.1 Å². The number of hydrogen-bond acceptors (Lipinski definition) is 4. The van der Waals surface area contributed by atoms with Gasteiger partial charge in [0.2, 0.25) is 0 Å². The van der Waals surface area contributed by atoms with Gasteiger partial charge >= 0.3 is 5.97 Å². The average molecular weight is 443 g/mol. The third-order valence-corrected chi connectivity index (χ3v) is 5.32. The molecule has 1 aromatic heterocycles. The summed E-state index contributed by atoms with van der Waals surface area (Å²) < 4.78 is 33.8. The lowest BCUT2D eigenvalue weighted by molar-refractivity contribution is 0.0690. The maximum Gasteiger partial charge on any atom is 0.356 e. The molecule has 0 saturated heterocycles. The van der Waals surface area contributed by atoms with Gasteiger partial charge in [-0.15, -0.1) is 0 Å². The maximum absolute atomic E-state index is 14.0. The zero-order valence-corrected chi connectivity index (χ0v) is 17.0. The molecule has 0 amide bonds. The van der Waals surface area contributed by atoms with Crippen molar-refractivity contribution >= 4 is 28.7 Å². The number of halogens is 3. The standard InChI is InChI=1S/C23H17ClF2N2O3/c24-13-7-8-22(31-12-17-18(25)5-2-6-19(17)26)16(9-13)14-3-1-4-15(14)20-10-27-11-21(28-20)23(29)30/h2,5-11H,1,3-4,12H2,(H,29,30). The molecule has 1 aliphatic rings. The smallest absolute Gasteiger partial charge is 0.356 e. The van der Waals surface area contributed by atoms with Crippen molar-refractivity contribution in [1.29, 1.82) is 0 Å². The van der Waals surface area contributed by atoms with Crippen LogP contribution in [0.1, 0.15) is 46.6 Å². The first-order chi connectivity index (χ1) is 14.9. The first-order valence-electron chi connectivity index (χ1n) is 9.57. The fourth-order valence-electron chi connectivity index (χ4n) is 3.62. The van der Waals surface area contributed by atoms with Crippen LogP contribution in [-0.2, 0) is 6.61 Å².